The molecule has 0 N–H and O–H groups in total. The maximum Gasteiger partial charge on any atom is 0.384 e. The second kappa shape index (κ2) is 7.53. The molecule has 162 valence electrons. The first kappa shape index (κ1) is 21.6. The Labute approximate surface area is 188 Å². The van der Waals surface area contributed by atoms with Crippen molar-refractivity contribution in [2.75, 3.05) is 14.2 Å². The van der Waals surface area contributed by atoms with E-state index in [2.05, 4.69) is 68.5 Å². The predicted octanol–water partition coefficient (Wildman–Crippen LogP) is 5.18. The number of hydrogen-bond donors (Lipinski definition) is 0. The van der Waals surface area contributed by atoms with Crippen LogP contribution in [0.5, 0.6) is 0 Å². The van der Waals surface area contributed by atoms with Gasteiger partial charge in [0.25, 0.3) is 0 Å². The fourth-order valence-electron chi connectivity index (χ4n) is 5.34. The molecule has 32 heavy (non-hydrogen) atoms. The molecule has 0 saturated carbocycles. The quantitative estimate of drug-likeness (QED) is 0.385. The van der Waals surface area contributed by atoms with Crippen LogP contribution in [0.3, 0.4) is 0 Å². The molecule has 0 amide bonds. The van der Waals surface area contributed by atoms with Crippen LogP contribution in [0.15, 0.2) is 65.3 Å². The fourth-order valence-corrected chi connectivity index (χ4v) is 5.34. The first-order valence-electron chi connectivity index (χ1n) is 10.5. The van der Waals surface area contributed by atoms with Crippen molar-refractivity contribution in [1.29, 1.82) is 0 Å². The van der Waals surface area contributed by atoms with Gasteiger partial charge in [0.2, 0.25) is 0 Å². The van der Waals surface area contributed by atoms with E-state index >= 15 is 0 Å². The minimum absolute atomic E-state index is 0.151. The Balaban J connectivity index is 1.66. The van der Waals surface area contributed by atoms with Crippen LogP contribution in [0.2, 0.25) is 0 Å². The van der Waals surface area contributed by atoms with E-state index in [1.54, 1.807) is 0 Å². The topological polar surface area (TPSA) is 52.6 Å². The van der Waals surface area contributed by atoms with Gasteiger partial charge in [-0.2, -0.15) is 0 Å². The average Bonchev–Trinajstić information content (AvgIpc) is 2.83. The summed E-state index contributed by atoms with van der Waals surface area (Å²) in [6.07, 6.45) is 0. The predicted molar refractivity (Wildman–Crippen MR) is 124 cm³/mol. The Morgan fingerprint density at radius 3 is 1.78 bits per heavy atom. The van der Waals surface area contributed by atoms with Crippen molar-refractivity contribution >= 4 is 17.5 Å². The number of rotatable bonds is 3. The fraction of sp³-hybridized carbons (Fsp3) is 0.286. The van der Waals surface area contributed by atoms with Gasteiger partial charge in [0.15, 0.2) is 0 Å². The van der Waals surface area contributed by atoms with Gasteiger partial charge < -0.3 is 9.47 Å². The molecule has 0 aliphatic heterocycles. The van der Waals surface area contributed by atoms with Gasteiger partial charge in [-0.15, -0.1) is 0 Å². The number of fused-ring (bicyclic) bond motifs is 1. The third kappa shape index (κ3) is 2.78. The zero-order chi connectivity index (χ0) is 23.3. The number of hydrogen-bond acceptors (Lipinski definition) is 4. The maximum atomic E-state index is 12.7. The number of methoxy groups -OCH3 is 2. The van der Waals surface area contributed by atoms with E-state index in [1.165, 1.54) is 25.4 Å². The Hall–Kier alpha value is -3.58. The van der Waals surface area contributed by atoms with Crippen LogP contribution in [0.4, 0.5) is 0 Å². The van der Waals surface area contributed by atoms with Gasteiger partial charge in [0.05, 0.1) is 19.8 Å². The van der Waals surface area contributed by atoms with Gasteiger partial charge in [-0.3, -0.25) is 0 Å². The van der Waals surface area contributed by atoms with Crippen LogP contribution < -0.4 is 0 Å². The van der Waals surface area contributed by atoms with Gasteiger partial charge in [-0.05, 0) is 48.2 Å². The van der Waals surface area contributed by atoms with E-state index in [0.717, 1.165) is 33.4 Å². The van der Waals surface area contributed by atoms with Gasteiger partial charge >= 0.3 is 11.9 Å². The largest absolute Gasteiger partial charge is 0.466 e. The summed E-state index contributed by atoms with van der Waals surface area (Å²) >= 11 is 0. The first-order valence-corrected chi connectivity index (χ1v) is 10.5. The van der Waals surface area contributed by atoms with Gasteiger partial charge in [-0.1, -0.05) is 67.3 Å². The van der Waals surface area contributed by atoms with Crippen molar-refractivity contribution < 1.29 is 19.1 Å². The van der Waals surface area contributed by atoms with Gasteiger partial charge in [0, 0.05) is 22.3 Å². The van der Waals surface area contributed by atoms with Crippen LogP contribution in [-0.2, 0) is 19.1 Å². The molecule has 0 bridgehead atoms. The van der Waals surface area contributed by atoms with Gasteiger partial charge in [-0.25, -0.2) is 9.59 Å². The van der Waals surface area contributed by atoms with Crippen molar-refractivity contribution in [3.63, 3.8) is 0 Å². The number of carbonyl (C=O) groups is 2. The van der Waals surface area contributed by atoms with E-state index in [-0.39, 0.29) is 16.8 Å². The highest BCUT2D eigenvalue weighted by Crippen LogP contribution is 2.77. The lowest BCUT2D eigenvalue weighted by atomic mass is 9.35. The Morgan fingerprint density at radius 2 is 1.25 bits per heavy atom. The summed E-state index contributed by atoms with van der Waals surface area (Å²) in [7, 11) is 2.75. The van der Waals surface area contributed by atoms with Crippen LogP contribution in [0, 0.1) is 22.7 Å². The van der Waals surface area contributed by atoms with Crippen molar-refractivity contribution in [2.24, 2.45) is 10.8 Å². The lowest BCUT2D eigenvalue weighted by molar-refractivity contribution is -0.139. The Bertz CT molecular complexity index is 1250. The number of allylic oxidation sites excluding steroid dienone is 3. The third-order valence-electron chi connectivity index (χ3n) is 7.59. The van der Waals surface area contributed by atoms with Crippen molar-refractivity contribution in [2.45, 2.75) is 27.7 Å². The summed E-state index contributed by atoms with van der Waals surface area (Å²) in [4.78, 5) is 23.8. The number of benzene rings is 2. The Kier molecular flexibility index (Phi) is 5.09. The molecule has 4 heteroatoms. The summed E-state index contributed by atoms with van der Waals surface area (Å²) in [5.74, 6) is 4.41. The van der Waals surface area contributed by atoms with Crippen molar-refractivity contribution in [3.8, 4) is 23.0 Å². The van der Waals surface area contributed by atoms with Crippen molar-refractivity contribution in [3.05, 3.63) is 76.4 Å². The third-order valence-corrected chi connectivity index (χ3v) is 7.59. The zero-order valence-corrected chi connectivity index (χ0v) is 19.3. The molecule has 2 aliphatic carbocycles. The van der Waals surface area contributed by atoms with Crippen LogP contribution >= 0.6 is 0 Å². The van der Waals surface area contributed by atoms with Crippen molar-refractivity contribution in [1.82, 2.24) is 0 Å². The minimum Gasteiger partial charge on any atom is -0.466 e. The van der Waals surface area contributed by atoms with E-state index in [4.69, 9.17) is 4.74 Å². The lowest BCUT2D eigenvalue weighted by Gasteiger charge is -2.67. The molecule has 0 heterocycles. The maximum absolute atomic E-state index is 12.7. The number of carbonyl (C=O) groups excluding carboxylic acids is 2. The zero-order valence-electron chi connectivity index (χ0n) is 19.3. The molecule has 2 unspecified atom stereocenters. The molecule has 4 nitrogen and oxygen atoms in total. The van der Waals surface area contributed by atoms with Crippen LogP contribution in [0.25, 0.3) is 16.7 Å². The van der Waals surface area contributed by atoms with E-state index in [0.29, 0.717) is 0 Å². The molecule has 0 aromatic heterocycles. The molecular formula is C28H26O4. The smallest absolute Gasteiger partial charge is 0.384 e. The summed E-state index contributed by atoms with van der Waals surface area (Å²) in [5.41, 5.74) is 7.90. The Morgan fingerprint density at radius 1 is 0.750 bits per heavy atom. The molecule has 0 radical (unpaired) electrons. The number of esters is 2. The molecule has 0 spiro atoms. The SMILES string of the molecule is COC(=O)C#Cc1ccc(-c2ccc(C3=C(C(=O)OC)C4(C)C(C)=C(C)C34C)cc2)cc1. The minimum atomic E-state index is -0.558. The van der Waals surface area contributed by atoms with E-state index in [9.17, 15) is 9.59 Å². The summed E-state index contributed by atoms with van der Waals surface area (Å²) in [6, 6.07) is 16.0. The standard InChI is InChI=1S/C28H26O4/c1-17-18(2)28(4)25(26(30)32-6)24(27(17,28)3)22-14-12-21(13-15-22)20-10-7-19(8-11-20)9-16-23(29)31-5/h7-8,10-15H,1-6H3. The molecule has 2 aromatic carbocycles. The summed E-state index contributed by atoms with van der Waals surface area (Å²) < 4.78 is 9.67. The van der Waals surface area contributed by atoms with E-state index in [1.807, 2.05) is 24.3 Å². The molecule has 2 atom stereocenters. The first-order chi connectivity index (χ1) is 15.2. The molecule has 0 saturated heterocycles. The second-order valence-electron chi connectivity index (χ2n) is 8.64. The number of ether oxygens (including phenoxy) is 2. The summed E-state index contributed by atoms with van der Waals surface area (Å²) in [5, 5.41) is 0. The summed E-state index contributed by atoms with van der Waals surface area (Å²) in [6.45, 7) is 8.63. The van der Waals surface area contributed by atoms with Crippen LogP contribution in [0.1, 0.15) is 38.8 Å². The average molecular weight is 427 g/mol. The molecule has 4 rings (SSSR count). The highest BCUT2D eigenvalue weighted by molar-refractivity contribution is 6.09. The van der Waals surface area contributed by atoms with Gasteiger partial charge in [0.1, 0.15) is 0 Å². The molecule has 0 fully saturated rings. The highest BCUT2D eigenvalue weighted by Gasteiger charge is 2.69. The monoisotopic (exact) mass is 426 g/mol. The normalized spacial score (nSPS) is 23.3. The van der Waals surface area contributed by atoms with E-state index < -0.39 is 5.97 Å². The lowest BCUT2D eigenvalue weighted by Crippen LogP contribution is -2.60. The molecule has 2 aromatic rings. The highest BCUT2D eigenvalue weighted by atomic mass is 16.5. The molecular weight excluding hydrogens is 400 g/mol. The second-order valence-corrected chi connectivity index (χ2v) is 8.64. The van der Waals surface area contributed by atoms with Crippen LogP contribution in [-0.4, -0.2) is 26.2 Å². The molecule has 2 aliphatic rings.